The fourth-order valence-electron chi connectivity index (χ4n) is 12.2. The Kier molecular flexibility index (Phi) is 12.5. The van der Waals surface area contributed by atoms with E-state index >= 15 is 0 Å². The van der Waals surface area contributed by atoms with Crippen LogP contribution in [0.3, 0.4) is 0 Å². The number of amides is 3. The summed E-state index contributed by atoms with van der Waals surface area (Å²) in [6.45, 7) is 0.581. The molecule has 4 saturated heterocycles. The number of hydrogen-bond acceptors (Lipinski definition) is 18. The second kappa shape index (κ2) is 19.7. The molecule has 6 aromatic rings. The van der Waals surface area contributed by atoms with E-state index in [4.69, 9.17) is 28.9 Å². The minimum Gasteiger partial charge on any atom is -0.441 e. The number of carbonyl (C=O) groups is 3. The van der Waals surface area contributed by atoms with E-state index in [2.05, 4.69) is 30.5 Å². The molecule has 5 fully saturated rings. The lowest BCUT2D eigenvalue weighted by atomic mass is 10.00. The highest BCUT2D eigenvalue weighted by molar-refractivity contribution is 6.00. The molecule has 9 aliphatic rings. The van der Waals surface area contributed by atoms with Crippen molar-refractivity contribution < 1.29 is 71.8 Å². The zero-order chi connectivity index (χ0) is 54.5. The number of cyclic esters (lactones) is 3. The standard InChI is InChI=1S/C20H18FN3O5.C18H15FN6O3.C16H16FNO4/c21-14-6-17-11(4-18-19(9-26)28-20(27)24(17)18)3-13(14)10-1-2-15(22-7-10)16-5-12(8-25)29-23-16;1-24-22-17(21-23-24)13-3-2-9(7-20-13)11-4-10-5-15-16(8-26)28-18(27)25(15)14(10)6-12(11)19;17-11-3-12-7(1-8(11)15-9-5-21-6-10(9)15)2-13-14(4-19)22-16(20)18(12)13/h1-3,6-7,12,18-19,25-26H,4-5,8-9H2;2-4,6-7,15-16,26H,5,8H2,1H3;1,3,9-10,13-15,19H,2,4-6H2/t12-,18-,19-;15-,16-;9?,10?,13-,14-,15?/m000/s1. The van der Waals surface area contributed by atoms with Crippen molar-refractivity contribution in [1.82, 2.24) is 30.2 Å². The Morgan fingerprint density at radius 2 is 1.08 bits per heavy atom. The number of aliphatic hydroxyl groups is 4. The van der Waals surface area contributed by atoms with Crippen LogP contribution in [0.2, 0.25) is 0 Å². The summed E-state index contributed by atoms with van der Waals surface area (Å²) in [5, 5.41) is 53.0. The molecule has 9 atom stereocenters. The van der Waals surface area contributed by atoms with Crippen molar-refractivity contribution in [2.45, 2.75) is 74.1 Å². The van der Waals surface area contributed by atoms with Crippen molar-refractivity contribution in [2.75, 3.05) is 54.3 Å². The van der Waals surface area contributed by atoms with Crippen LogP contribution in [0.5, 0.6) is 0 Å². The van der Waals surface area contributed by atoms with E-state index in [0.29, 0.717) is 99.8 Å². The average Bonchev–Trinajstić information content (AvgIpc) is 4.43. The summed E-state index contributed by atoms with van der Waals surface area (Å²) in [6.07, 6.45) is 1.46. The Morgan fingerprint density at radius 1 is 0.595 bits per heavy atom. The van der Waals surface area contributed by atoms with Crippen molar-refractivity contribution >= 4 is 41.1 Å². The molecule has 3 aromatic heterocycles. The quantitative estimate of drug-likeness (QED) is 0.147. The first-order valence-corrected chi connectivity index (χ1v) is 25.7. The molecule has 11 heterocycles. The molecule has 4 N–H and O–H groups in total. The number of aryl methyl sites for hydroxylation is 1. The van der Waals surface area contributed by atoms with Crippen LogP contribution in [0.1, 0.15) is 40.3 Å². The van der Waals surface area contributed by atoms with Crippen LogP contribution >= 0.6 is 0 Å². The molecule has 0 radical (unpaired) electrons. The summed E-state index contributed by atoms with van der Waals surface area (Å²) in [5.74, 6) is 0.354. The minimum atomic E-state index is -0.612. The number of ether oxygens (including phenoxy) is 4. The van der Waals surface area contributed by atoms with Crippen molar-refractivity contribution in [3.8, 4) is 33.8 Å². The van der Waals surface area contributed by atoms with E-state index in [-0.39, 0.29) is 62.4 Å². The molecule has 15 rings (SSSR count). The second-order valence-corrected chi connectivity index (χ2v) is 20.7. The zero-order valence-electron chi connectivity index (χ0n) is 41.9. The number of pyridine rings is 2. The Morgan fingerprint density at radius 3 is 1.51 bits per heavy atom. The molecule has 3 aromatic carbocycles. The van der Waals surface area contributed by atoms with E-state index in [1.807, 2.05) is 6.07 Å². The number of fused-ring (bicyclic) bond motifs is 10. The smallest absolute Gasteiger partial charge is 0.415 e. The first-order chi connectivity index (χ1) is 38.3. The molecule has 408 valence electrons. The van der Waals surface area contributed by atoms with Crippen LogP contribution in [0.4, 0.5) is 44.6 Å². The fourth-order valence-corrected chi connectivity index (χ4v) is 12.2. The van der Waals surface area contributed by atoms with Gasteiger partial charge in [0, 0.05) is 41.1 Å². The van der Waals surface area contributed by atoms with E-state index in [1.54, 1.807) is 55.8 Å². The number of hydrogen-bond donors (Lipinski definition) is 4. The molecule has 2 unspecified atom stereocenters. The molecule has 8 aliphatic heterocycles. The third-order valence-corrected chi connectivity index (χ3v) is 16.2. The van der Waals surface area contributed by atoms with Gasteiger partial charge in [-0.3, -0.25) is 24.7 Å². The number of rotatable bonds is 9. The number of benzene rings is 3. The van der Waals surface area contributed by atoms with Gasteiger partial charge in [-0.1, -0.05) is 23.4 Å². The van der Waals surface area contributed by atoms with Gasteiger partial charge in [0.15, 0.2) is 6.10 Å². The molecule has 0 bridgehead atoms. The number of aromatic nitrogens is 6. The van der Waals surface area contributed by atoms with Gasteiger partial charge in [-0.2, -0.15) is 4.80 Å². The SMILES string of the molecule is Cn1nnc(-c2ccc(-c3cc4c(cc3F)N3C(=O)O[C@@H](CO)[C@@H]3C4)cn2)n1.O=C1O[C@@H](CO)[C@@H]2Cc3cc(-c4ccc(C5=NO[C@H](CO)C5)nc4)c(F)cc3N12.O=C1O[C@@H](CO)[C@@H]2Cc3cc(C4C5COCC54)c(F)cc3N12. The lowest BCUT2D eigenvalue weighted by molar-refractivity contribution is 0.0390. The lowest BCUT2D eigenvalue weighted by Gasteiger charge is -2.15. The normalized spacial score (nSPS) is 26.8. The number of anilines is 3. The highest BCUT2D eigenvalue weighted by Crippen LogP contribution is 2.59. The average molecular weight is 1090 g/mol. The molecule has 1 saturated carbocycles. The lowest BCUT2D eigenvalue weighted by Crippen LogP contribution is -2.34. The monoisotopic (exact) mass is 1090 g/mol. The van der Waals surface area contributed by atoms with Gasteiger partial charge >= 0.3 is 18.3 Å². The van der Waals surface area contributed by atoms with E-state index in [9.17, 15) is 42.9 Å². The van der Waals surface area contributed by atoms with Gasteiger partial charge in [0.2, 0.25) is 5.82 Å². The summed E-state index contributed by atoms with van der Waals surface area (Å²) in [4.78, 5) is 55.5. The van der Waals surface area contributed by atoms with E-state index in [0.717, 1.165) is 35.5 Å². The molecule has 25 heteroatoms. The molecular weight excluding hydrogens is 1040 g/mol. The number of carbonyl (C=O) groups excluding carboxylic acids is 3. The van der Waals surface area contributed by atoms with Gasteiger partial charge in [0.25, 0.3) is 0 Å². The topological polar surface area (TPSA) is 270 Å². The number of halogens is 3. The Hall–Kier alpha value is -8.10. The summed E-state index contributed by atoms with van der Waals surface area (Å²) in [5.41, 5.74) is 8.70. The van der Waals surface area contributed by atoms with Crippen LogP contribution in [-0.2, 0) is 50.1 Å². The van der Waals surface area contributed by atoms with Crippen molar-refractivity contribution in [3.63, 3.8) is 0 Å². The molecule has 3 amide bonds. The van der Waals surface area contributed by atoms with Crippen molar-refractivity contribution in [1.29, 1.82) is 0 Å². The third kappa shape index (κ3) is 8.57. The highest BCUT2D eigenvalue weighted by Gasteiger charge is 2.56. The molecule has 1 aliphatic carbocycles. The molecule has 22 nitrogen and oxygen atoms in total. The third-order valence-electron chi connectivity index (χ3n) is 16.2. The maximum Gasteiger partial charge on any atom is 0.415 e. The first kappa shape index (κ1) is 50.4. The van der Waals surface area contributed by atoms with E-state index in [1.165, 1.54) is 37.7 Å². The van der Waals surface area contributed by atoms with Crippen molar-refractivity contribution in [2.24, 2.45) is 24.0 Å². The van der Waals surface area contributed by atoms with E-state index < -0.39 is 48.2 Å². The molecule has 79 heavy (non-hydrogen) atoms. The maximum absolute atomic E-state index is 14.9. The van der Waals surface area contributed by atoms with Crippen LogP contribution in [0.15, 0.2) is 78.2 Å². The molecule has 0 spiro atoms. The molecular formula is C54H49F3N10O12. The van der Waals surface area contributed by atoms with Crippen LogP contribution in [0.25, 0.3) is 33.8 Å². The van der Waals surface area contributed by atoms with Gasteiger partial charge in [0.05, 0.1) is 87.6 Å². The number of tetrazole rings is 1. The largest absolute Gasteiger partial charge is 0.441 e. The predicted molar refractivity (Wildman–Crippen MR) is 269 cm³/mol. The van der Waals surface area contributed by atoms with Gasteiger partial charge in [0.1, 0.15) is 47.2 Å². The maximum atomic E-state index is 14.9. The first-order valence-electron chi connectivity index (χ1n) is 25.7. The minimum absolute atomic E-state index is 0.117. The van der Waals surface area contributed by atoms with Crippen LogP contribution in [-0.4, -0.2) is 157 Å². The Bertz CT molecular complexity index is 3470. The number of nitrogens with zero attached hydrogens (tertiary/aromatic N) is 10. The number of aliphatic hydroxyl groups excluding tert-OH is 4. The van der Waals surface area contributed by atoms with Crippen molar-refractivity contribution in [3.05, 3.63) is 118 Å². The Balaban J connectivity index is 0.000000113. The summed E-state index contributed by atoms with van der Waals surface area (Å²) >= 11 is 0. The van der Waals surface area contributed by atoms with Gasteiger partial charge in [-0.25, -0.2) is 27.6 Å². The van der Waals surface area contributed by atoms with Crippen LogP contribution in [0, 0.1) is 29.3 Å². The van der Waals surface area contributed by atoms with Crippen LogP contribution < -0.4 is 14.7 Å². The second-order valence-electron chi connectivity index (χ2n) is 20.7. The van der Waals surface area contributed by atoms with Gasteiger partial charge in [-0.05, 0) is 107 Å². The summed E-state index contributed by atoms with van der Waals surface area (Å²) in [6, 6.07) is 15.6. The highest BCUT2D eigenvalue weighted by atomic mass is 19.1. The summed E-state index contributed by atoms with van der Waals surface area (Å²) in [7, 11) is 1.66. The van der Waals surface area contributed by atoms with Gasteiger partial charge < -0.3 is 44.2 Å². The summed E-state index contributed by atoms with van der Waals surface area (Å²) < 4.78 is 65.0. The van der Waals surface area contributed by atoms with Gasteiger partial charge in [-0.15, -0.1) is 10.2 Å². The Labute approximate surface area is 446 Å². The zero-order valence-corrected chi connectivity index (χ0v) is 41.9. The predicted octanol–water partition coefficient (Wildman–Crippen LogP) is 4.36. The number of oxime groups is 1. The fraction of sp³-hybridized carbons (Fsp3) is 0.389.